The molecule has 0 aliphatic rings. The first kappa shape index (κ1) is 7.09. The van der Waals surface area contributed by atoms with Crippen molar-refractivity contribution in [2.45, 2.75) is 6.92 Å². The van der Waals surface area contributed by atoms with Crippen molar-refractivity contribution in [3.8, 4) is 0 Å². The van der Waals surface area contributed by atoms with Gasteiger partial charge in [0.2, 0.25) is 0 Å². The third kappa shape index (κ3) is 1.13. The number of fused-ring (bicyclic) bond motifs is 1. The van der Waals surface area contributed by atoms with E-state index in [-0.39, 0.29) is 0 Å². The van der Waals surface area contributed by atoms with E-state index >= 15 is 0 Å². The summed E-state index contributed by atoms with van der Waals surface area (Å²) in [6.45, 7) is 1.94. The molecule has 1 aromatic heterocycles. The van der Waals surface area contributed by atoms with Gasteiger partial charge in [0, 0.05) is 8.96 Å². The lowest BCUT2D eigenvalue weighted by molar-refractivity contribution is 0.450. The number of benzene rings is 1. The number of aromatic nitrogens is 1. The minimum atomic E-state index is 0.870. The van der Waals surface area contributed by atoms with Gasteiger partial charge in [-0.3, -0.25) is 0 Å². The molecule has 2 nitrogen and oxygen atoms in total. The minimum Gasteiger partial charge on any atom is -0.356 e. The van der Waals surface area contributed by atoms with Crippen molar-refractivity contribution in [1.82, 2.24) is 5.16 Å². The van der Waals surface area contributed by atoms with E-state index in [2.05, 4.69) is 27.7 Å². The summed E-state index contributed by atoms with van der Waals surface area (Å²) in [6, 6.07) is 6.06. The van der Waals surface area contributed by atoms with Gasteiger partial charge in [-0.15, -0.1) is 0 Å². The molecule has 1 heterocycles. The van der Waals surface area contributed by atoms with Crippen LogP contribution in [-0.2, 0) is 0 Å². The highest BCUT2D eigenvalue weighted by molar-refractivity contribution is 14.1. The van der Waals surface area contributed by atoms with Gasteiger partial charge in [-0.25, -0.2) is 0 Å². The quantitative estimate of drug-likeness (QED) is 0.680. The predicted octanol–water partition coefficient (Wildman–Crippen LogP) is 2.74. The molecule has 0 N–H and O–H groups in total. The maximum Gasteiger partial charge on any atom is 0.168 e. The highest BCUT2D eigenvalue weighted by Gasteiger charge is 2.02. The molecule has 0 saturated carbocycles. The first-order valence-corrected chi connectivity index (χ1v) is 4.37. The number of aryl methyl sites for hydroxylation is 1. The largest absolute Gasteiger partial charge is 0.356 e. The number of rotatable bonds is 0. The molecule has 0 bridgehead atoms. The maximum atomic E-state index is 5.07. The standard InChI is InChI=1S/C8H6INO/c1-5-7-3-2-6(9)4-8(7)11-10-5/h2-4H,1H3. The van der Waals surface area contributed by atoms with Crippen molar-refractivity contribution in [1.29, 1.82) is 0 Å². The topological polar surface area (TPSA) is 26.0 Å². The van der Waals surface area contributed by atoms with E-state index in [4.69, 9.17) is 4.52 Å². The van der Waals surface area contributed by atoms with Crippen LogP contribution in [0.2, 0.25) is 0 Å². The summed E-state index contributed by atoms with van der Waals surface area (Å²) in [7, 11) is 0. The Balaban J connectivity index is 2.86. The van der Waals surface area contributed by atoms with Crippen LogP contribution in [-0.4, -0.2) is 5.16 Å². The van der Waals surface area contributed by atoms with Gasteiger partial charge in [0.1, 0.15) is 0 Å². The van der Waals surface area contributed by atoms with Crippen LogP contribution < -0.4 is 0 Å². The third-order valence-corrected chi connectivity index (χ3v) is 2.29. The zero-order valence-corrected chi connectivity index (χ0v) is 8.12. The van der Waals surface area contributed by atoms with E-state index in [1.54, 1.807) is 0 Å². The van der Waals surface area contributed by atoms with Crippen molar-refractivity contribution in [2.24, 2.45) is 0 Å². The molecule has 0 aliphatic carbocycles. The molecule has 56 valence electrons. The Labute approximate surface area is 77.7 Å². The molecular weight excluding hydrogens is 253 g/mol. The number of hydrogen-bond acceptors (Lipinski definition) is 2. The van der Waals surface area contributed by atoms with Crippen LogP contribution in [0.1, 0.15) is 5.69 Å². The van der Waals surface area contributed by atoms with Crippen LogP contribution >= 0.6 is 22.6 Å². The molecule has 0 radical (unpaired) electrons. The van der Waals surface area contributed by atoms with Gasteiger partial charge in [-0.05, 0) is 47.7 Å². The fourth-order valence-corrected chi connectivity index (χ4v) is 1.50. The highest BCUT2D eigenvalue weighted by Crippen LogP contribution is 2.19. The van der Waals surface area contributed by atoms with Gasteiger partial charge in [0.25, 0.3) is 0 Å². The van der Waals surface area contributed by atoms with Crippen molar-refractivity contribution in [3.05, 3.63) is 27.5 Å². The SMILES string of the molecule is Cc1noc2cc(I)ccc12. The summed E-state index contributed by atoms with van der Waals surface area (Å²) in [5.41, 5.74) is 1.82. The summed E-state index contributed by atoms with van der Waals surface area (Å²) in [4.78, 5) is 0. The number of hydrogen-bond donors (Lipinski definition) is 0. The van der Waals surface area contributed by atoms with E-state index in [9.17, 15) is 0 Å². The van der Waals surface area contributed by atoms with Crippen molar-refractivity contribution < 1.29 is 4.52 Å². The third-order valence-electron chi connectivity index (χ3n) is 1.61. The molecule has 2 aromatic rings. The van der Waals surface area contributed by atoms with Crippen LogP contribution in [0.3, 0.4) is 0 Å². The fourth-order valence-electron chi connectivity index (χ4n) is 1.04. The second-order valence-corrected chi connectivity index (χ2v) is 3.65. The monoisotopic (exact) mass is 259 g/mol. The van der Waals surface area contributed by atoms with Crippen LogP contribution in [0.25, 0.3) is 11.0 Å². The maximum absolute atomic E-state index is 5.07. The van der Waals surface area contributed by atoms with Gasteiger partial charge in [-0.2, -0.15) is 0 Å². The molecule has 0 aliphatic heterocycles. The predicted molar refractivity (Wildman–Crippen MR) is 51.5 cm³/mol. The second kappa shape index (κ2) is 2.48. The highest BCUT2D eigenvalue weighted by atomic mass is 127. The van der Waals surface area contributed by atoms with E-state index in [1.807, 2.05) is 25.1 Å². The Morgan fingerprint density at radius 3 is 3.09 bits per heavy atom. The molecule has 0 saturated heterocycles. The van der Waals surface area contributed by atoms with Crippen LogP contribution in [0, 0.1) is 10.5 Å². The average Bonchev–Trinajstić information content (AvgIpc) is 2.32. The lowest BCUT2D eigenvalue weighted by Gasteiger charge is -1.87. The molecule has 0 fully saturated rings. The summed E-state index contributed by atoms with van der Waals surface area (Å²) in [5, 5.41) is 4.96. The number of nitrogens with zero attached hydrogens (tertiary/aromatic N) is 1. The fraction of sp³-hybridized carbons (Fsp3) is 0.125. The molecule has 3 heteroatoms. The lowest BCUT2D eigenvalue weighted by Crippen LogP contribution is -1.70. The van der Waals surface area contributed by atoms with Crippen molar-refractivity contribution >= 4 is 33.6 Å². The van der Waals surface area contributed by atoms with E-state index in [0.29, 0.717) is 0 Å². The normalized spacial score (nSPS) is 10.7. The van der Waals surface area contributed by atoms with Gasteiger partial charge >= 0.3 is 0 Å². The average molecular weight is 259 g/mol. The van der Waals surface area contributed by atoms with Crippen LogP contribution in [0.15, 0.2) is 22.7 Å². The van der Waals surface area contributed by atoms with E-state index in [0.717, 1.165) is 16.7 Å². The lowest BCUT2D eigenvalue weighted by atomic mass is 10.2. The van der Waals surface area contributed by atoms with Gasteiger partial charge in [-0.1, -0.05) is 5.16 Å². The van der Waals surface area contributed by atoms with Gasteiger partial charge in [0.05, 0.1) is 5.69 Å². The van der Waals surface area contributed by atoms with Crippen LogP contribution in [0.5, 0.6) is 0 Å². The summed E-state index contributed by atoms with van der Waals surface area (Å²) < 4.78 is 6.25. The Morgan fingerprint density at radius 2 is 2.27 bits per heavy atom. The zero-order chi connectivity index (χ0) is 7.84. The Morgan fingerprint density at radius 1 is 1.45 bits per heavy atom. The molecule has 11 heavy (non-hydrogen) atoms. The molecule has 1 aromatic carbocycles. The Kier molecular flexibility index (Phi) is 1.60. The van der Waals surface area contributed by atoms with Crippen molar-refractivity contribution in [2.75, 3.05) is 0 Å². The first-order valence-electron chi connectivity index (χ1n) is 3.29. The van der Waals surface area contributed by atoms with Crippen LogP contribution in [0.4, 0.5) is 0 Å². The Hall–Kier alpha value is -0.580. The first-order chi connectivity index (χ1) is 5.27. The van der Waals surface area contributed by atoms with Gasteiger partial charge in [0.15, 0.2) is 5.58 Å². The summed E-state index contributed by atoms with van der Waals surface area (Å²) in [5.74, 6) is 0. The molecule has 0 amide bonds. The van der Waals surface area contributed by atoms with E-state index in [1.165, 1.54) is 3.57 Å². The Bertz CT molecular complexity index is 394. The number of halogens is 1. The summed E-state index contributed by atoms with van der Waals surface area (Å²) >= 11 is 2.25. The minimum absolute atomic E-state index is 0.870. The summed E-state index contributed by atoms with van der Waals surface area (Å²) in [6.07, 6.45) is 0. The van der Waals surface area contributed by atoms with Crippen molar-refractivity contribution in [3.63, 3.8) is 0 Å². The molecule has 0 unspecified atom stereocenters. The van der Waals surface area contributed by atoms with E-state index < -0.39 is 0 Å². The smallest absolute Gasteiger partial charge is 0.168 e. The molecule has 0 spiro atoms. The molecular formula is C8H6INO. The van der Waals surface area contributed by atoms with Gasteiger partial charge < -0.3 is 4.52 Å². The second-order valence-electron chi connectivity index (χ2n) is 2.41. The molecule has 0 atom stereocenters. The molecule has 2 rings (SSSR count). The zero-order valence-electron chi connectivity index (χ0n) is 5.97.